The summed E-state index contributed by atoms with van der Waals surface area (Å²) >= 11 is 0. The molecule has 2 aromatic rings. The summed E-state index contributed by atoms with van der Waals surface area (Å²) in [5, 5.41) is 2.89. The van der Waals surface area contributed by atoms with E-state index in [2.05, 4.69) is 10.0 Å². The molecule has 2 N–H and O–H groups in total. The largest absolute Gasteiger partial charge is 0.337 e. The van der Waals surface area contributed by atoms with Crippen molar-refractivity contribution in [3.8, 4) is 0 Å². The van der Waals surface area contributed by atoms with Crippen LogP contribution in [-0.2, 0) is 18.0 Å². The molecule has 9 heteroatoms. The molecule has 1 fully saturated rings. The maximum absolute atomic E-state index is 14.3. The van der Waals surface area contributed by atoms with E-state index < -0.39 is 34.4 Å². The molecule has 0 amide bonds. The smallest absolute Gasteiger partial charge is 0.254 e. The lowest BCUT2D eigenvalue weighted by atomic mass is 10.2. The van der Waals surface area contributed by atoms with Crippen LogP contribution in [-0.4, -0.2) is 26.4 Å². The Kier molecular flexibility index (Phi) is 6.07. The number of benzene rings is 1. The summed E-state index contributed by atoms with van der Waals surface area (Å²) in [7, 11) is -0.179. The summed E-state index contributed by atoms with van der Waals surface area (Å²) < 4.78 is 56.7. The van der Waals surface area contributed by atoms with Crippen molar-refractivity contribution in [2.24, 2.45) is 7.05 Å². The molecule has 2 unspecified atom stereocenters. The molecule has 1 aliphatic rings. The first kappa shape index (κ1) is 21.4. The van der Waals surface area contributed by atoms with E-state index in [-0.39, 0.29) is 23.5 Å². The molecule has 0 radical (unpaired) electrons. The van der Waals surface area contributed by atoms with E-state index in [0.29, 0.717) is 24.1 Å². The van der Waals surface area contributed by atoms with Crippen molar-refractivity contribution in [1.29, 1.82) is 0 Å². The van der Waals surface area contributed by atoms with Crippen molar-refractivity contribution in [3.05, 3.63) is 51.6 Å². The van der Waals surface area contributed by atoms with E-state index in [4.69, 9.17) is 0 Å². The summed E-state index contributed by atoms with van der Waals surface area (Å²) in [5.74, 6) is -0.262. The third-order valence-corrected chi connectivity index (χ3v) is 6.90. The molecular weight excluding hydrogens is 403 g/mol. The minimum atomic E-state index is -1.70. The number of hydrogen-bond donors (Lipinski definition) is 2. The predicted molar refractivity (Wildman–Crippen MR) is 110 cm³/mol. The van der Waals surface area contributed by atoms with Gasteiger partial charge in [-0.25, -0.2) is 17.4 Å². The number of aryl methyl sites for hydroxylation is 2. The number of halogens is 3. The van der Waals surface area contributed by atoms with Gasteiger partial charge in [0.2, 0.25) is 0 Å². The predicted octanol–water partition coefficient (Wildman–Crippen LogP) is 4.19. The Hall–Kier alpha value is -2.29. The lowest BCUT2D eigenvalue weighted by molar-refractivity contribution is 0.243. The molecule has 5 nitrogen and oxygen atoms in total. The van der Waals surface area contributed by atoms with Crippen LogP contribution in [0.5, 0.6) is 0 Å². The van der Waals surface area contributed by atoms with Gasteiger partial charge in [-0.1, -0.05) is 6.07 Å². The highest BCUT2D eigenvalue weighted by molar-refractivity contribution is 7.88. The van der Waals surface area contributed by atoms with Crippen LogP contribution >= 0.6 is 0 Å². The molecule has 29 heavy (non-hydrogen) atoms. The minimum absolute atomic E-state index is 0.136. The Bertz CT molecular complexity index is 1010. The van der Waals surface area contributed by atoms with Crippen molar-refractivity contribution in [2.75, 3.05) is 16.7 Å². The average Bonchev–Trinajstić information content (AvgIpc) is 3.45. The summed E-state index contributed by atoms with van der Waals surface area (Å²) in [4.78, 5) is 12.4. The number of anilines is 3. The molecule has 1 aromatic carbocycles. The van der Waals surface area contributed by atoms with E-state index in [0.717, 1.165) is 5.56 Å². The first-order chi connectivity index (χ1) is 13.7. The van der Waals surface area contributed by atoms with Gasteiger partial charge in [-0.15, -0.1) is 0 Å². The molecular formula is C20H24F3N3O2S. The monoisotopic (exact) mass is 427 g/mol. The Morgan fingerprint density at radius 1 is 1.24 bits per heavy atom. The zero-order valence-electron chi connectivity index (χ0n) is 16.5. The van der Waals surface area contributed by atoms with Crippen molar-refractivity contribution < 1.29 is 17.4 Å². The maximum Gasteiger partial charge on any atom is 0.254 e. The van der Waals surface area contributed by atoms with Crippen molar-refractivity contribution in [3.63, 3.8) is 0 Å². The Morgan fingerprint density at radius 3 is 2.52 bits per heavy atom. The second-order valence-electron chi connectivity index (χ2n) is 7.57. The summed E-state index contributed by atoms with van der Waals surface area (Å²) in [6.45, 7) is 2.26. The molecule has 1 aromatic heterocycles. The second-order valence-corrected chi connectivity index (χ2v) is 9.18. The molecule has 0 saturated heterocycles. The topological polar surface area (TPSA) is 63.1 Å². The van der Waals surface area contributed by atoms with Gasteiger partial charge in [0, 0.05) is 19.0 Å². The molecule has 1 aliphatic carbocycles. The normalized spacial score (nSPS) is 16.9. The van der Waals surface area contributed by atoms with Crippen molar-refractivity contribution >= 4 is 28.2 Å². The second kappa shape index (κ2) is 8.22. The number of nitrogens with zero attached hydrogens (tertiary/aromatic N) is 1. The maximum atomic E-state index is 14.3. The fraction of sp³-hybridized carbons (Fsp3) is 0.450. The minimum Gasteiger partial charge on any atom is -0.337 e. The first-order valence-electron chi connectivity index (χ1n) is 9.29. The van der Waals surface area contributed by atoms with Crippen molar-refractivity contribution in [2.45, 2.75) is 44.0 Å². The molecule has 3 rings (SSSR count). The van der Waals surface area contributed by atoms with Crippen LogP contribution in [0.3, 0.4) is 0 Å². The van der Waals surface area contributed by atoms with Crippen LogP contribution in [0.1, 0.15) is 30.4 Å². The zero-order valence-corrected chi connectivity index (χ0v) is 17.3. The number of aromatic nitrogens is 1. The molecule has 2 atom stereocenters. The highest BCUT2D eigenvalue weighted by Gasteiger charge is 2.50. The fourth-order valence-corrected chi connectivity index (χ4v) is 4.62. The quantitative estimate of drug-likeness (QED) is 0.664. The fourth-order valence-electron chi connectivity index (χ4n) is 3.24. The van der Waals surface area contributed by atoms with E-state index >= 15 is 0 Å². The molecule has 1 heterocycles. The van der Waals surface area contributed by atoms with E-state index in [1.165, 1.54) is 23.7 Å². The number of pyridine rings is 1. The van der Waals surface area contributed by atoms with E-state index in [1.54, 1.807) is 26.0 Å². The van der Waals surface area contributed by atoms with E-state index in [9.17, 15) is 22.2 Å². The van der Waals surface area contributed by atoms with Gasteiger partial charge in [-0.2, -0.15) is 0 Å². The van der Waals surface area contributed by atoms with Gasteiger partial charge in [-0.05, 0) is 50.5 Å². The molecule has 1 saturated carbocycles. The van der Waals surface area contributed by atoms with Crippen LogP contribution in [0.4, 0.5) is 30.4 Å². The van der Waals surface area contributed by atoms with Gasteiger partial charge in [0.25, 0.3) is 5.56 Å². The Morgan fingerprint density at radius 2 is 1.93 bits per heavy atom. The number of hydrogen-bond acceptors (Lipinski definition) is 3. The van der Waals surface area contributed by atoms with Gasteiger partial charge in [-0.3, -0.25) is 9.36 Å². The molecule has 158 valence electrons. The first-order valence-corrected chi connectivity index (χ1v) is 10.4. The van der Waals surface area contributed by atoms with E-state index in [1.807, 2.05) is 0 Å². The van der Waals surface area contributed by atoms with Crippen LogP contribution < -0.4 is 15.6 Å². The Labute approximate surface area is 169 Å². The third kappa shape index (κ3) is 4.49. The average molecular weight is 427 g/mol. The standard InChI is InChI=1S/C20H24F3N3O2S/c1-12-4-5-16(15(23)8-12)24-18-17(9-13(2)19(27)26(18)3)25-29(28)20(6-7-20)10-14(22)11-21/h4-5,8-9,14,24-25H,6-7,10-11H2,1-3H3. The molecule has 0 spiro atoms. The lowest BCUT2D eigenvalue weighted by Gasteiger charge is -2.21. The SMILES string of the molecule is Cc1ccc(Nc2c(NS(=O)C3(CC(F)CF)CC3)cc(C)c(=O)n2C)c(F)c1. The van der Waals surface area contributed by atoms with Crippen LogP contribution in [0.15, 0.2) is 29.1 Å². The van der Waals surface area contributed by atoms with Gasteiger partial charge in [0.15, 0.2) is 0 Å². The van der Waals surface area contributed by atoms with Crippen molar-refractivity contribution in [1.82, 2.24) is 4.57 Å². The third-order valence-electron chi connectivity index (χ3n) is 5.14. The summed E-state index contributed by atoms with van der Waals surface area (Å²) in [5.41, 5.74) is 1.34. The van der Waals surface area contributed by atoms with Gasteiger partial charge < -0.3 is 10.0 Å². The van der Waals surface area contributed by atoms with Gasteiger partial charge in [0.1, 0.15) is 35.5 Å². The van der Waals surface area contributed by atoms with Crippen LogP contribution in [0.25, 0.3) is 0 Å². The lowest BCUT2D eigenvalue weighted by Crippen LogP contribution is -2.29. The van der Waals surface area contributed by atoms with Gasteiger partial charge >= 0.3 is 0 Å². The summed E-state index contributed by atoms with van der Waals surface area (Å²) in [6, 6.07) is 6.15. The molecule has 0 aliphatic heterocycles. The van der Waals surface area contributed by atoms with Crippen LogP contribution in [0, 0.1) is 19.7 Å². The summed E-state index contributed by atoms with van der Waals surface area (Å²) in [6.07, 6.45) is -0.756. The zero-order chi connectivity index (χ0) is 21.3. The highest BCUT2D eigenvalue weighted by atomic mass is 32.2. The van der Waals surface area contributed by atoms with Gasteiger partial charge in [0.05, 0.1) is 16.1 Å². The van der Waals surface area contributed by atoms with Crippen LogP contribution in [0.2, 0.25) is 0 Å². The number of rotatable bonds is 8. The highest BCUT2D eigenvalue weighted by Crippen LogP contribution is 2.46. The Balaban J connectivity index is 1.94. The number of alkyl halides is 2. The molecule has 0 bridgehead atoms. The number of nitrogens with one attached hydrogen (secondary N) is 2.